The number of aromatic hydroxyl groups is 1. The minimum Gasteiger partial charge on any atom is -0.508 e. The molecule has 0 fully saturated rings. The Morgan fingerprint density at radius 3 is 2.00 bits per heavy atom. The highest BCUT2D eigenvalue weighted by Crippen LogP contribution is 2.12. The molecular formula is C25H40N4O6S. The van der Waals surface area contributed by atoms with Gasteiger partial charge in [-0.2, -0.15) is 11.8 Å². The number of hydrogen-bond acceptors (Lipinski definition) is 7. The molecule has 10 nitrogen and oxygen atoms in total. The van der Waals surface area contributed by atoms with Crippen LogP contribution in [0.4, 0.5) is 0 Å². The number of carbonyl (C=O) groups is 4. The van der Waals surface area contributed by atoms with Crippen molar-refractivity contribution in [3.63, 3.8) is 0 Å². The average Bonchev–Trinajstić information content (AvgIpc) is 2.80. The van der Waals surface area contributed by atoms with E-state index >= 15 is 0 Å². The van der Waals surface area contributed by atoms with E-state index in [1.807, 2.05) is 20.1 Å². The van der Waals surface area contributed by atoms with Crippen LogP contribution >= 0.6 is 11.8 Å². The van der Waals surface area contributed by atoms with E-state index in [9.17, 15) is 29.4 Å². The van der Waals surface area contributed by atoms with Crippen molar-refractivity contribution in [2.24, 2.45) is 17.6 Å². The number of carboxylic acid groups (broad SMARTS) is 1. The Balaban J connectivity index is 2.90. The number of amides is 3. The maximum Gasteiger partial charge on any atom is 0.326 e. The number of hydrogen-bond donors (Lipinski definition) is 6. The summed E-state index contributed by atoms with van der Waals surface area (Å²) in [5.41, 5.74) is 6.80. The number of carboxylic acids is 1. The Labute approximate surface area is 217 Å². The van der Waals surface area contributed by atoms with Crippen LogP contribution in [-0.4, -0.2) is 70.1 Å². The Morgan fingerprint density at radius 1 is 0.917 bits per heavy atom. The normalized spacial score (nSPS) is 14.6. The predicted octanol–water partition coefficient (Wildman–Crippen LogP) is 1.26. The summed E-state index contributed by atoms with van der Waals surface area (Å²) in [6, 6.07) is 2.43. The predicted molar refractivity (Wildman–Crippen MR) is 141 cm³/mol. The van der Waals surface area contributed by atoms with Crippen molar-refractivity contribution in [2.45, 2.75) is 71.1 Å². The van der Waals surface area contributed by atoms with Gasteiger partial charge in [0.15, 0.2) is 0 Å². The molecule has 0 aliphatic heterocycles. The molecule has 11 heteroatoms. The van der Waals surface area contributed by atoms with Crippen LogP contribution in [0.25, 0.3) is 0 Å². The van der Waals surface area contributed by atoms with E-state index in [0.29, 0.717) is 12.2 Å². The first-order valence-corrected chi connectivity index (χ1v) is 13.4. The van der Waals surface area contributed by atoms with Gasteiger partial charge in [-0.3, -0.25) is 14.4 Å². The summed E-state index contributed by atoms with van der Waals surface area (Å²) in [5.74, 6) is -2.37. The molecule has 4 atom stereocenters. The zero-order valence-electron chi connectivity index (χ0n) is 21.6. The van der Waals surface area contributed by atoms with Gasteiger partial charge in [0.2, 0.25) is 17.7 Å². The van der Waals surface area contributed by atoms with E-state index in [1.165, 1.54) is 23.9 Å². The summed E-state index contributed by atoms with van der Waals surface area (Å²) in [4.78, 5) is 50.3. The van der Waals surface area contributed by atoms with Crippen molar-refractivity contribution >= 4 is 35.5 Å². The van der Waals surface area contributed by atoms with E-state index in [2.05, 4.69) is 16.0 Å². The number of nitrogens with two attached hydrogens (primary N) is 1. The third kappa shape index (κ3) is 10.9. The largest absolute Gasteiger partial charge is 0.508 e. The maximum absolute atomic E-state index is 13.1. The topological polar surface area (TPSA) is 171 Å². The van der Waals surface area contributed by atoms with Gasteiger partial charge in [-0.05, 0) is 60.8 Å². The van der Waals surface area contributed by atoms with E-state index in [4.69, 9.17) is 5.73 Å². The molecule has 1 aromatic rings. The van der Waals surface area contributed by atoms with Crippen molar-refractivity contribution in [3.05, 3.63) is 29.8 Å². The lowest BCUT2D eigenvalue weighted by Crippen LogP contribution is -2.58. The lowest BCUT2D eigenvalue weighted by atomic mass is 10.0. The summed E-state index contributed by atoms with van der Waals surface area (Å²) in [6.07, 6.45) is 2.63. The molecule has 0 aliphatic carbocycles. The van der Waals surface area contributed by atoms with Gasteiger partial charge in [0.05, 0.1) is 6.04 Å². The second-order valence-electron chi connectivity index (χ2n) is 9.58. The molecule has 0 aliphatic rings. The molecule has 0 saturated heterocycles. The van der Waals surface area contributed by atoms with Crippen LogP contribution in [0, 0.1) is 11.8 Å². The first-order chi connectivity index (χ1) is 16.8. The van der Waals surface area contributed by atoms with Crippen molar-refractivity contribution < 1.29 is 29.4 Å². The van der Waals surface area contributed by atoms with Crippen LogP contribution in [0.15, 0.2) is 24.3 Å². The van der Waals surface area contributed by atoms with Gasteiger partial charge < -0.3 is 31.9 Å². The minimum atomic E-state index is -1.14. The standard InChI is InChI=1S/C25H40N4O6S/c1-14(2)12-20(25(34)35)28-23(32)19(10-11-36-5)27-24(33)21(15(3)4)29-22(31)18(26)13-16-6-8-17(30)9-7-16/h6-9,14-15,18-21,30H,10-13,26H2,1-5H3,(H,27,33)(H,28,32)(H,29,31)(H,34,35). The lowest BCUT2D eigenvalue weighted by Gasteiger charge is -2.27. The van der Waals surface area contributed by atoms with Crippen molar-refractivity contribution in [1.29, 1.82) is 0 Å². The van der Waals surface area contributed by atoms with Gasteiger partial charge in [0.1, 0.15) is 23.9 Å². The van der Waals surface area contributed by atoms with Gasteiger partial charge in [0, 0.05) is 0 Å². The first kappa shape index (κ1) is 31.2. The summed E-state index contributed by atoms with van der Waals surface area (Å²) in [7, 11) is 0. The lowest BCUT2D eigenvalue weighted by molar-refractivity contribution is -0.142. The number of phenolic OH excluding ortho intramolecular Hbond substituents is 1. The second kappa shape index (κ2) is 15.4. The quantitative estimate of drug-likeness (QED) is 0.199. The minimum absolute atomic E-state index is 0.0527. The molecule has 0 radical (unpaired) electrons. The van der Waals surface area contributed by atoms with E-state index in [-0.39, 0.29) is 30.4 Å². The Kier molecular flexibility index (Phi) is 13.3. The number of rotatable bonds is 15. The third-order valence-corrected chi connectivity index (χ3v) is 6.18. The molecule has 3 amide bonds. The number of thioether (sulfide) groups is 1. The fraction of sp³-hybridized carbons (Fsp3) is 0.600. The zero-order chi connectivity index (χ0) is 27.4. The van der Waals surface area contributed by atoms with Crippen LogP contribution in [0.5, 0.6) is 5.75 Å². The third-order valence-electron chi connectivity index (χ3n) is 5.54. The molecule has 0 spiro atoms. The molecular weight excluding hydrogens is 484 g/mol. The molecule has 0 bridgehead atoms. The smallest absolute Gasteiger partial charge is 0.326 e. The summed E-state index contributed by atoms with van der Waals surface area (Å²) in [5, 5.41) is 26.8. The highest BCUT2D eigenvalue weighted by molar-refractivity contribution is 7.98. The summed E-state index contributed by atoms with van der Waals surface area (Å²) in [6.45, 7) is 7.24. The SMILES string of the molecule is CSCCC(NC(=O)C(NC(=O)C(N)Cc1ccc(O)cc1)C(C)C)C(=O)NC(CC(C)C)C(=O)O. The van der Waals surface area contributed by atoms with E-state index in [0.717, 1.165) is 5.56 Å². The summed E-state index contributed by atoms with van der Waals surface area (Å²) >= 11 is 1.49. The Hall–Kier alpha value is -2.79. The van der Waals surface area contributed by atoms with Crippen LogP contribution in [0.3, 0.4) is 0 Å². The Bertz CT molecular complexity index is 878. The van der Waals surface area contributed by atoms with Crippen LogP contribution in [0.2, 0.25) is 0 Å². The highest BCUT2D eigenvalue weighted by Gasteiger charge is 2.31. The number of benzene rings is 1. The van der Waals surface area contributed by atoms with Gasteiger partial charge in [-0.15, -0.1) is 0 Å². The summed E-state index contributed by atoms with van der Waals surface area (Å²) < 4.78 is 0. The van der Waals surface area contributed by atoms with Gasteiger partial charge in [-0.25, -0.2) is 4.79 Å². The molecule has 0 heterocycles. The molecule has 4 unspecified atom stereocenters. The van der Waals surface area contributed by atoms with Crippen molar-refractivity contribution in [3.8, 4) is 5.75 Å². The average molecular weight is 525 g/mol. The maximum atomic E-state index is 13.1. The molecule has 36 heavy (non-hydrogen) atoms. The highest BCUT2D eigenvalue weighted by atomic mass is 32.2. The van der Waals surface area contributed by atoms with Crippen LogP contribution in [-0.2, 0) is 25.6 Å². The number of aliphatic carboxylic acids is 1. The molecule has 0 aromatic heterocycles. The molecule has 1 rings (SSSR count). The van der Waals surface area contributed by atoms with Crippen LogP contribution in [0.1, 0.15) is 46.1 Å². The number of phenols is 1. The fourth-order valence-corrected chi connectivity index (χ4v) is 3.98. The first-order valence-electron chi connectivity index (χ1n) is 12.0. The molecule has 7 N–H and O–H groups in total. The second-order valence-corrected chi connectivity index (χ2v) is 10.6. The van der Waals surface area contributed by atoms with Crippen molar-refractivity contribution in [2.75, 3.05) is 12.0 Å². The molecule has 202 valence electrons. The van der Waals surface area contributed by atoms with Gasteiger partial charge in [-0.1, -0.05) is 39.8 Å². The number of nitrogens with one attached hydrogen (secondary N) is 3. The fourth-order valence-electron chi connectivity index (χ4n) is 3.51. The monoisotopic (exact) mass is 524 g/mol. The van der Waals surface area contributed by atoms with E-state index in [1.54, 1.807) is 26.0 Å². The zero-order valence-corrected chi connectivity index (χ0v) is 22.4. The van der Waals surface area contributed by atoms with Gasteiger partial charge in [0.25, 0.3) is 0 Å². The molecule has 0 saturated carbocycles. The number of carbonyl (C=O) groups excluding carboxylic acids is 3. The van der Waals surface area contributed by atoms with Crippen LogP contribution < -0.4 is 21.7 Å². The van der Waals surface area contributed by atoms with E-state index < -0.39 is 47.9 Å². The van der Waals surface area contributed by atoms with Crippen molar-refractivity contribution in [1.82, 2.24) is 16.0 Å². The Morgan fingerprint density at radius 2 is 1.50 bits per heavy atom. The molecule has 1 aromatic carbocycles. The van der Waals surface area contributed by atoms with Gasteiger partial charge >= 0.3 is 5.97 Å².